The van der Waals surface area contributed by atoms with Crippen LogP contribution in [0.3, 0.4) is 0 Å². The van der Waals surface area contributed by atoms with Crippen LogP contribution in [-0.4, -0.2) is 44.3 Å². The summed E-state index contributed by atoms with van der Waals surface area (Å²) < 4.78 is 0. The van der Waals surface area contributed by atoms with Crippen LogP contribution in [0.2, 0.25) is 0 Å². The van der Waals surface area contributed by atoms with Crippen molar-refractivity contribution in [3.05, 3.63) is 35.9 Å². The van der Waals surface area contributed by atoms with Crippen LogP contribution in [0.5, 0.6) is 0 Å². The fourth-order valence-electron chi connectivity index (χ4n) is 1.93. The summed E-state index contributed by atoms with van der Waals surface area (Å²) >= 11 is 0. The van der Waals surface area contributed by atoms with Crippen LogP contribution in [-0.2, 0) is 24.6 Å². The maximum absolute atomic E-state index is 11.4. The third kappa shape index (κ3) is 2.18. The van der Waals surface area contributed by atoms with Crippen LogP contribution in [0.25, 0.3) is 0 Å². The highest BCUT2D eigenvalue weighted by molar-refractivity contribution is 6.14. The van der Waals surface area contributed by atoms with Gasteiger partial charge in [-0.05, 0) is 5.56 Å². The third-order valence-corrected chi connectivity index (χ3v) is 2.83. The SMILES string of the molecule is O=C(O)C(C(=O)O)C(C(=O)O)(C(=O)O)c1ccccc1. The van der Waals surface area contributed by atoms with Gasteiger partial charge in [0.25, 0.3) is 0 Å². The number of carboxylic acid groups (broad SMARTS) is 4. The summed E-state index contributed by atoms with van der Waals surface area (Å²) in [5.41, 5.74) is -3.55. The van der Waals surface area contributed by atoms with E-state index in [-0.39, 0.29) is 0 Å². The van der Waals surface area contributed by atoms with Crippen molar-refractivity contribution in [2.24, 2.45) is 5.92 Å². The Morgan fingerprint density at radius 3 is 1.50 bits per heavy atom. The molecule has 0 aliphatic heterocycles. The monoisotopic (exact) mass is 282 g/mol. The van der Waals surface area contributed by atoms with Crippen LogP contribution in [0, 0.1) is 5.92 Å². The van der Waals surface area contributed by atoms with Crippen molar-refractivity contribution in [1.29, 1.82) is 0 Å². The Bertz CT molecular complexity index is 534. The van der Waals surface area contributed by atoms with Gasteiger partial charge >= 0.3 is 23.9 Å². The average Bonchev–Trinajstić information content (AvgIpc) is 2.34. The van der Waals surface area contributed by atoms with Gasteiger partial charge in [-0.15, -0.1) is 0 Å². The minimum absolute atomic E-state index is 0.435. The normalized spacial score (nSPS) is 11.1. The summed E-state index contributed by atoms with van der Waals surface area (Å²) in [6.07, 6.45) is 0. The summed E-state index contributed by atoms with van der Waals surface area (Å²) in [5.74, 6) is -10.9. The number of carbonyl (C=O) groups is 4. The minimum atomic E-state index is -3.11. The Morgan fingerprint density at radius 2 is 1.20 bits per heavy atom. The molecule has 0 radical (unpaired) electrons. The van der Waals surface area contributed by atoms with E-state index in [1.807, 2.05) is 0 Å². The number of carboxylic acids is 4. The summed E-state index contributed by atoms with van der Waals surface area (Å²) in [6.45, 7) is 0. The van der Waals surface area contributed by atoms with Crippen LogP contribution in [0.4, 0.5) is 0 Å². The number of rotatable bonds is 6. The lowest BCUT2D eigenvalue weighted by atomic mass is 9.70. The molecule has 0 saturated carbocycles. The van der Waals surface area contributed by atoms with Gasteiger partial charge in [-0.1, -0.05) is 30.3 Å². The molecule has 1 rings (SSSR count). The molecule has 8 nitrogen and oxygen atoms in total. The highest BCUT2D eigenvalue weighted by Gasteiger charge is 2.61. The lowest BCUT2D eigenvalue weighted by Crippen LogP contribution is -2.55. The van der Waals surface area contributed by atoms with Gasteiger partial charge in [0.15, 0.2) is 5.92 Å². The first-order valence-corrected chi connectivity index (χ1v) is 5.24. The molecule has 0 amide bonds. The Morgan fingerprint density at radius 1 is 0.800 bits per heavy atom. The van der Waals surface area contributed by atoms with E-state index in [0.29, 0.717) is 0 Å². The molecule has 0 unspecified atom stereocenters. The Labute approximate surface area is 111 Å². The maximum Gasteiger partial charge on any atom is 0.327 e. The van der Waals surface area contributed by atoms with Crippen molar-refractivity contribution in [2.75, 3.05) is 0 Å². The van der Waals surface area contributed by atoms with Crippen molar-refractivity contribution >= 4 is 23.9 Å². The second-order valence-electron chi connectivity index (χ2n) is 3.89. The lowest BCUT2D eigenvalue weighted by molar-refractivity contribution is -0.175. The predicted octanol–water partition coefficient (Wildman–Crippen LogP) is -0.121. The molecule has 20 heavy (non-hydrogen) atoms. The molecule has 1 aromatic rings. The van der Waals surface area contributed by atoms with Gasteiger partial charge < -0.3 is 20.4 Å². The van der Waals surface area contributed by atoms with Gasteiger partial charge in [-0.2, -0.15) is 0 Å². The Hall–Kier alpha value is -2.90. The lowest BCUT2D eigenvalue weighted by Gasteiger charge is -2.28. The van der Waals surface area contributed by atoms with Gasteiger partial charge in [-0.3, -0.25) is 19.2 Å². The smallest absolute Gasteiger partial charge is 0.327 e. The van der Waals surface area contributed by atoms with E-state index < -0.39 is 40.8 Å². The summed E-state index contributed by atoms with van der Waals surface area (Å²) in [4.78, 5) is 44.9. The quantitative estimate of drug-likeness (QED) is 0.527. The number of hydrogen-bond donors (Lipinski definition) is 4. The second-order valence-corrected chi connectivity index (χ2v) is 3.89. The fraction of sp³-hybridized carbons (Fsp3) is 0.167. The van der Waals surface area contributed by atoms with Crippen molar-refractivity contribution in [3.8, 4) is 0 Å². The van der Waals surface area contributed by atoms with Crippen molar-refractivity contribution < 1.29 is 39.6 Å². The van der Waals surface area contributed by atoms with E-state index >= 15 is 0 Å². The first-order chi connectivity index (χ1) is 9.26. The topological polar surface area (TPSA) is 149 Å². The second kappa shape index (κ2) is 5.39. The highest BCUT2D eigenvalue weighted by atomic mass is 16.4. The van der Waals surface area contributed by atoms with Gasteiger partial charge in [0, 0.05) is 0 Å². The largest absolute Gasteiger partial charge is 0.481 e. The fourth-order valence-corrected chi connectivity index (χ4v) is 1.93. The molecule has 0 spiro atoms. The van der Waals surface area contributed by atoms with E-state index in [9.17, 15) is 29.4 Å². The van der Waals surface area contributed by atoms with Crippen LogP contribution >= 0.6 is 0 Å². The molecule has 8 heteroatoms. The molecule has 0 saturated heterocycles. The standard InChI is InChI=1S/C12H10O8/c13-8(14)7(9(15)16)12(10(17)18,11(19)20)6-4-2-1-3-5-6/h1-5,7H,(H,13,14)(H,15,16)(H,17,18)(H,19,20). The molecule has 0 aromatic heterocycles. The van der Waals surface area contributed by atoms with Gasteiger partial charge in [0.2, 0.25) is 5.41 Å². The Kier molecular flexibility index (Phi) is 4.08. The van der Waals surface area contributed by atoms with E-state index in [2.05, 4.69) is 0 Å². The molecule has 0 aliphatic rings. The molecule has 4 N–H and O–H groups in total. The van der Waals surface area contributed by atoms with Crippen LogP contribution in [0.1, 0.15) is 5.56 Å². The molecule has 1 aromatic carbocycles. The molecular formula is C12H10O8. The minimum Gasteiger partial charge on any atom is -0.481 e. The molecule has 0 aliphatic carbocycles. The average molecular weight is 282 g/mol. The van der Waals surface area contributed by atoms with Crippen molar-refractivity contribution in [2.45, 2.75) is 5.41 Å². The summed E-state index contributed by atoms with van der Waals surface area (Å²) in [5, 5.41) is 36.3. The van der Waals surface area contributed by atoms with E-state index in [1.54, 1.807) is 0 Å². The zero-order chi connectivity index (χ0) is 15.5. The van der Waals surface area contributed by atoms with Gasteiger partial charge in [0.1, 0.15) is 0 Å². The maximum atomic E-state index is 11.4. The molecule has 0 fully saturated rings. The Balaban J connectivity index is 3.73. The zero-order valence-corrected chi connectivity index (χ0v) is 9.89. The number of aliphatic carboxylic acids is 4. The van der Waals surface area contributed by atoms with Gasteiger partial charge in [0.05, 0.1) is 0 Å². The predicted molar refractivity (Wildman–Crippen MR) is 62.2 cm³/mol. The van der Waals surface area contributed by atoms with Crippen molar-refractivity contribution in [1.82, 2.24) is 0 Å². The van der Waals surface area contributed by atoms with E-state index in [1.165, 1.54) is 18.2 Å². The number of benzene rings is 1. The molecule has 0 bridgehead atoms. The first kappa shape index (κ1) is 15.2. The van der Waals surface area contributed by atoms with Crippen molar-refractivity contribution in [3.63, 3.8) is 0 Å². The molecular weight excluding hydrogens is 272 g/mol. The van der Waals surface area contributed by atoms with Crippen LogP contribution in [0.15, 0.2) is 30.3 Å². The third-order valence-electron chi connectivity index (χ3n) is 2.83. The summed E-state index contributed by atoms with van der Waals surface area (Å²) in [6, 6.07) is 6.14. The molecule has 0 atom stereocenters. The molecule has 0 heterocycles. The highest BCUT2D eigenvalue weighted by Crippen LogP contribution is 2.34. The van der Waals surface area contributed by atoms with Gasteiger partial charge in [-0.25, -0.2) is 0 Å². The van der Waals surface area contributed by atoms with E-state index in [4.69, 9.17) is 10.2 Å². The summed E-state index contributed by atoms with van der Waals surface area (Å²) in [7, 11) is 0. The zero-order valence-electron chi connectivity index (χ0n) is 9.89. The molecule has 106 valence electrons. The number of hydrogen-bond acceptors (Lipinski definition) is 4. The van der Waals surface area contributed by atoms with Crippen LogP contribution < -0.4 is 0 Å². The first-order valence-electron chi connectivity index (χ1n) is 5.24. The van der Waals surface area contributed by atoms with E-state index in [0.717, 1.165) is 12.1 Å².